The number of aryl methyl sites for hydroxylation is 1. The third kappa shape index (κ3) is 2.86. The summed E-state index contributed by atoms with van der Waals surface area (Å²) >= 11 is 0. The summed E-state index contributed by atoms with van der Waals surface area (Å²) < 4.78 is 2.00. The quantitative estimate of drug-likeness (QED) is 0.708. The van der Waals surface area contributed by atoms with E-state index in [1.165, 1.54) is 0 Å². The van der Waals surface area contributed by atoms with Crippen molar-refractivity contribution >= 4 is 40.0 Å². The van der Waals surface area contributed by atoms with Gasteiger partial charge >= 0.3 is 0 Å². The van der Waals surface area contributed by atoms with Crippen molar-refractivity contribution in [2.45, 2.75) is 18.9 Å². The average Bonchev–Trinajstić information content (AvgIpc) is 3.33. The van der Waals surface area contributed by atoms with Crippen molar-refractivity contribution in [1.82, 2.24) is 9.47 Å². The highest BCUT2D eigenvalue weighted by Gasteiger charge is 2.38. The molecule has 29 heavy (non-hydrogen) atoms. The molecule has 146 valence electrons. The number of nitrogens with one attached hydrogen (secondary N) is 2. The number of anilines is 2. The summed E-state index contributed by atoms with van der Waals surface area (Å²) in [4.78, 5) is 39.7. The number of benzene rings is 2. The first-order chi connectivity index (χ1) is 14.0. The molecule has 2 aromatic carbocycles. The number of aromatic nitrogens is 1. The molecule has 3 aromatic rings. The summed E-state index contributed by atoms with van der Waals surface area (Å²) in [7, 11) is 1.96. The standard InChI is InChI=1S/C22H20N4O3/c1-25-10-8-13-11-14(4-7-18(13)25)20(27)23-15-5-6-17-16(12-15)22(29)26-9-2-3-19(26)21(28)24-17/h4-8,10-12,19H,2-3,9H2,1H3,(H,23,27)(H,24,28)/t19-/m0/s1. The van der Waals surface area contributed by atoms with Gasteiger partial charge in [-0.3, -0.25) is 14.4 Å². The van der Waals surface area contributed by atoms with Gasteiger partial charge in [-0.15, -0.1) is 0 Å². The Labute approximate surface area is 167 Å². The van der Waals surface area contributed by atoms with Gasteiger partial charge in [-0.2, -0.15) is 0 Å². The molecule has 2 aliphatic rings. The first-order valence-corrected chi connectivity index (χ1v) is 9.63. The Morgan fingerprint density at radius 2 is 2.00 bits per heavy atom. The maximum Gasteiger partial charge on any atom is 0.256 e. The van der Waals surface area contributed by atoms with E-state index in [0.717, 1.165) is 17.3 Å². The van der Waals surface area contributed by atoms with Crippen LogP contribution in [0.5, 0.6) is 0 Å². The van der Waals surface area contributed by atoms with Crippen LogP contribution >= 0.6 is 0 Å². The van der Waals surface area contributed by atoms with E-state index >= 15 is 0 Å². The van der Waals surface area contributed by atoms with Crippen molar-refractivity contribution in [2.75, 3.05) is 17.2 Å². The lowest BCUT2D eigenvalue weighted by atomic mass is 10.1. The third-order valence-corrected chi connectivity index (χ3v) is 5.73. The SMILES string of the molecule is Cn1ccc2cc(C(=O)Nc3ccc4c(c3)C(=O)N3CCC[C@H]3C(=O)N4)ccc21. The van der Waals surface area contributed by atoms with Crippen molar-refractivity contribution in [3.05, 3.63) is 59.8 Å². The molecule has 0 spiro atoms. The summed E-state index contributed by atoms with van der Waals surface area (Å²) in [6, 6.07) is 12.1. The number of fused-ring (bicyclic) bond motifs is 3. The van der Waals surface area contributed by atoms with Crippen molar-refractivity contribution in [2.24, 2.45) is 7.05 Å². The fraction of sp³-hybridized carbons (Fsp3) is 0.227. The lowest BCUT2D eigenvalue weighted by molar-refractivity contribution is -0.119. The maximum atomic E-state index is 12.9. The summed E-state index contributed by atoms with van der Waals surface area (Å²) in [6.45, 7) is 0.573. The number of hydrogen-bond donors (Lipinski definition) is 2. The normalized spacial score (nSPS) is 18.2. The molecule has 0 radical (unpaired) electrons. The molecule has 0 saturated carbocycles. The van der Waals surface area contributed by atoms with Crippen LogP contribution in [0.25, 0.3) is 10.9 Å². The highest BCUT2D eigenvalue weighted by Crippen LogP contribution is 2.30. The second kappa shape index (κ2) is 6.48. The van der Waals surface area contributed by atoms with Gasteiger partial charge in [0.05, 0.1) is 11.3 Å². The molecule has 1 aromatic heterocycles. The number of nitrogens with zero attached hydrogens (tertiary/aromatic N) is 2. The van der Waals surface area contributed by atoms with E-state index in [2.05, 4.69) is 10.6 Å². The van der Waals surface area contributed by atoms with Gasteiger partial charge in [0.2, 0.25) is 5.91 Å². The van der Waals surface area contributed by atoms with Crippen LogP contribution in [0, 0.1) is 0 Å². The molecular weight excluding hydrogens is 368 g/mol. The fourth-order valence-electron chi connectivity index (χ4n) is 4.19. The molecule has 0 unspecified atom stereocenters. The van der Waals surface area contributed by atoms with Gasteiger partial charge in [0, 0.05) is 41.9 Å². The van der Waals surface area contributed by atoms with Gasteiger partial charge in [-0.1, -0.05) is 0 Å². The van der Waals surface area contributed by atoms with Crippen LogP contribution in [0.3, 0.4) is 0 Å². The molecule has 3 amide bonds. The number of hydrogen-bond acceptors (Lipinski definition) is 3. The molecule has 0 aliphatic carbocycles. The molecule has 1 atom stereocenters. The molecule has 7 heteroatoms. The van der Waals surface area contributed by atoms with E-state index in [0.29, 0.717) is 35.5 Å². The third-order valence-electron chi connectivity index (χ3n) is 5.73. The fourth-order valence-corrected chi connectivity index (χ4v) is 4.19. The highest BCUT2D eigenvalue weighted by molar-refractivity contribution is 6.12. The number of rotatable bonds is 2. The largest absolute Gasteiger partial charge is 0.351 e. The lowest BCUT2D eigenvalue weighted by Crippen LogP contribution is -2.40. The Morgan fingerprint density at radius 1 is 1.14 bits per heavy atom. The topological polar surface area (TPSA) is 83.4 Å². The first kappa shape index (κ1) is 17.5. The summed E-state index contributed by atoms with van der Waals surface area (Å²) in [5.41, 5.74) is 2.99. The monoisotopic (exact) mass is 388 g/mol. The Balaban J connectivity index is 1.43. The number of carbonyl (C=O) groups excluding carboxylic acids is 3. The van der Waals surface area contributed by atoms with Crippen molar-refractivity contribution in [3.63, 3.8) is 0 Å². The minimum Gasteiger partial charge on any atom is -0.351 e. The molecule has 2 N–H and O–H groups in total. The molecule has 1 fully saturated rings. The molecule has 3 heterocycles. The van der Waals surface area contributed by atoms with Gasteiger partial charge < -0.3 is 20.1 Å². The predicted molar refractivity (Wildman–Crippen MR) is 110 cm³/mol. The first-order valence-electron chi connectivity index (χ1n) is 9.63. The van der Waals surface area contributed by atoms with Gasteiger partial charge in [-0.25, -0.2) is 0 Å². The summed E-state index contributed by atoms with van der Waals surface area (Å²) in [6.07, 6.45) is 3.44. The molecule has 1 saturated heterocycles. The highest BCUT2D eigenvalue weighted by atomic mass is 16.2. The van der Waals surface area contributed by atoms with Gasteiger partial charge in [-0.05, 0) is 55.3 Å². The average molecular weight is 388 g/mol. The van der Waals surface area contributed by atoms with E-state index in [9.17, 15) is 14.4 Å². The van der Waals surface area contributed by atoms with Gasteiger partial charge in [0.1, 0.15) is 6.04 Å². The Bertz CT molecular complexity index is 1180. The van der Waals surface area contributed by atoms with Crippen LogP contribution in [-0.2, 0) is 11.8 Å². The Kier molecular flexibility index (Phi) is 3.91. The van der Waals surface area contributed by atoms with E-state index in [4.69, 9.17) is 0 Å². The number of amides is 3. The summed E-state index contributed by atoms with van der Waals surface area (Å²) in [5, 5.41) is 6.69. The second-order valence-corrected chi connectivity index (χ2v) is 7.56. The molecule has 7 nitrogen and oxygen atoms in total. The van der Waals surface area contributed by atoms with Crippen molar-refractivity contribution in [1.29, 1.82) is 0 Å². The minimum atomic E-state index is -0.412. The predicted octanol–water partition coefficient (Wildman–Crippen LogP) is 2.99. The van der Waals surface area contributed by atoms with Crippen molar-refractivity contribution < 1.29 is 14.4 Å². The van der Waals surface area contributed by atoms with E-state index in [-0.39, 0.29) is 17.7 Å². The van der Waals surface area contributed by atoms with Crippen LogP contribution in [-0.4, -0.2) is 39.8 Å². The molecule has 5 rings (SSSR count). The molecular formula is C22H20N4O3. The van der Waals surface area contributed by atoms with Crippen LogP contribution in [0.15, 0.2) is 48.7 Å². The zero-order valence-corrected chi connectivity index (χ0v) is 15.9. The smallest absolute Gasteiger partial charge is 0.256 e. The van der Waals surface area contributed by atoms with Crippen LogP contribution in [0.1, 0.15) is 33.6 Å². The van der Waals surface area contributed by atoms with Gasteiger partial charge in [0.25, 0.3) is 11.8 Å². The molecule has 0 bridgehead atoms. The van der Waals surface area contributed by atoms with Gasteiger partial charge in [0.15, 0.2) is 0 Å². The maximum absolute atomic E-state index is 12.9. The minimum absolute atomic E-state index is 0.150. The molecule has 2 aliphatic heterocycles. The van der Waals surface area contributed by atoms with Crippen LogP contribution < -0.4 is 10.6 Å². The second-order valence-electron chi connectivity index (χ2n) is 7.56. The van der Waals surface area contributed by atoms with E-state index in [1.54, 1.807) is 29.2 Å². The summed E-state index contributed by atoms with van der Waals surface area (Å²) in [5.74, 6) is -0.579. The Hall–Kier alpha value is -3.61. The van der Waals surface area contributed by atoms with E-state index < -0.39 is 6.04 Å². The van der Waals surface area contributed by atoms with Crippen LogP contribution in [0.2, 0.25) is 0 Å². The van der Waals surface area contributed by atoms with E-state index in [1.807, 2.05) is 36.0 Å². The lowest BCUT2D eigenvalue weighted by Gasteiger charge is -2.20. The zero-order valence-electron chi connectivity index (χ0n) is 15.9. The van der Waals surface area contributed by atoms with Crippen LogP contribution in [0.4, 0.5) is 11.4 Å². The zero-order chi connectivity index (χ0) is 20.1. The van der Waals surface area contributed by atoms with Crippen molar-refractivity contribution in [3.8, 4) is 0 Å². The Morgan fingerprint density at radius 3 is 2.86 bits per heavy atom. The number of carbonyl (C=O) groups is 3.